The summed E-state index contributed by atoms with van der Waals surface area (Å²) in [5.41, 5.74) is -0.254. The SMILES string of the molecule is Cc1nc(CSc2ccccc2C(=O)Nc2ccc(C)c(C(F)(F)F)c2)no1. The molecule has 0 saturated heterocycles. The zero-order chi connectivity index (χ0) is 20.3. The van der Waals surface area contributed by atoms with Crippen molar-refractivity contribution >= 4 is 23.4 Å². The van der Waals surface area contributed by atoms with Crippen LogP contribution >= 0.6 is 11.8 Å². The van der Waals surface area contributed by atoms with Crippen molar-refractivity contribution in [2.24, 2.45) is 0 Å². The van der Waals surface area contributed by atoms with E-state index in [1.165, 1.54) is 30.8 Å². The van der Waals surface area contributed by atoms with Crippen LogP contribution < -0.4 is 5.32 Å². The van der Waals surface area contributed by atoms with Crippen LogP contribution in [0.25, 0.3) is 0 Å². The van der Waals surface area contributed by atoms with E-state index >= 15 is 0 Å². The van der Waals surface area contributed by atoms with Gasteiger partial charge in [-0.05, 0) is 36.8 Å². The van der Waals surface area contributed by atoms with E-state index in [1.807, 2.05) is 0 Å². The summed E-state index contributed by atoms with van der Waals surface area (Å²) in [6.07, 6.45) is -4.48. The molecule has 3 aromatic rings. The van der Waals surface area contributed by atoms with Gasteiger partial charge in [0.15, 0.2) is 5.82 Å². The second kappa shape index (κ2) is 8.05. The Kier molecular flexibility index (Phi) is 5.73. The molecule has 1 aromatic heterocycles. The molecule has 1 heterocycles. The number of carbonyl (C=O) groups excluding carboxylic acids is 1. The topological polar surface area (TPSA) is 68.0 Å². The number of nitrogens with one attached hydrogen (secondary N) is 1. The molecule has 0 spiro atoms. The summed E-state index contributed by atoms with van der Waals surface area (Å²) in [7, 11) is 0. The Morgan fingerprint density at radius 3 is 2.61 bits per heavy atom. The number of halogens is 3. The number of nitrogens with zero attached hydrogens (tertiary/aromatic N) is 2. The van der Waals surface area contributed by atoms with Crippen molar-refractivity contribution in [2.45, 2.75) is 30.7 Å². The molecular weight excluding hydrogens is 391 g/mol. The maximum absolute atomic E-state index is 13.1. The highest BCUT2D eigenvalue weighted by atomic mass is 32.2. The number of benzene rings is 2. The number of aromatic nitrogens is 2. The molecule has 0 aliphatic heterocycles. The summed E-state index contributed by atoms with van der Waals surface area (Å²) in [6.45, 7) is 3.05. The van der Waals surface area contributed by atoms with Gasteiger partial charge < -0.3 is 9.84 Å². The van der Waals surface area contributed by atoms with Crippen LogP contribution in [-0.4, -0.2) is 16.0 Å². The van der Waals surface area contributed by atoms with Gasteiger partial charge in [0.2, 0.25) is 5.89 Å². The molecule has 0 unspecified atom stereocenters. The van der Waals surface area contributed by atoms with Gasteiger partial charge in [0, 0.05) is 17.5 Å². The molecule has 0 aliphatic rings. The minimum Gasteiger partial charge on any atom is -0.340 e. The first kappa shape index (κ1) is 19.9. The molecule has 0 atom stereocenters. The summed E-state index contributed by atoms with van der Waals surface area (Å²) in [4.78, 5) is 17.4. The van der Waals surface area contributed by atoms with Gasteiger partial charge in [0.1, 0.15) is 0 Å². The van der Waals surface area contributed by atoms with Crippen molar-refractivity contribution in [2.75, 3.05) is 5.32 Å². The van der Waals surface area contributed by atoms with Crippen LogP contribution in [-0.2, 0) is 11.9 Å². The third kappa shape index (κ3) is 4.72. The van der Waals surface area contributed by atoms with E-state index in [0.29, 0.717) is 27.9 Å². The van der Waals surface area contributed by atoms with Crippen molar-refractivity contribution in [3.8, 4) is 0 Å². The predicted octanol–water partition coefficient (Wildman–Crippen LogP) is 5.25. The number of carbonyl (C=O) groups is 1. The van der Waals surface area contributed by atoms with E-state index in [2.05, 4.69) is 15.5 Å². The Bertz CT molecular complexity index is 1000. The van der Waals surface area contributed by atoms with Crippen molar-refractivity contribution in [1.29, 1.82) is 0 Å². The first-order valence-electron chi connectivity index (χ1n) is 8.24. The highest BCUT2D eigenvalue weighted by Crippen LogP contribution is 2.34. The Labute approximate surface area is 163 Å². The minimum atomic E-state index is -4.48. The van der Waals surface area contributed by atoms with Crippen LogP contribution in [0.2, 0.25) is 0 Å². The molecular formula is C19H16F3N3O2S. The first-order valence-corrected chi connectivity index (χ1v) is 9.23. The normalized spacial score (nSPS) is 11.5. The Hall–Kier alpha value is -2.81. The van der Waals surface area contributed by atoms with Crippen LogP contribution in [0.4, 0.5) is 18.9 Å². The first-order chi connectivity index (χ1) is 13.2. The van der Waals surface area contributed by atoms with Gasteiger partial charge in [-0.1, -0.05) is 23.4 Å². The Morgan fingerprint density at radius 2 is 1.93 bits per heavy atom. The summed E-state index contributed by atoms with van der Waals surface area (Å²) < 4.78 is 44.2. The zero-order valence-corrected chi connectivity index (χ0v) is 15.8. The summed E-state index contributed by atoms with van der Waals surface area (Å²) in [5.74, 6) is 0.835. The molecule has 28 heavy (non-hydrogen) atoms. The van der Waals surface area contributed by atoms with E-state index in [-0.39, 0.29) is 11.3 Å². The maximum Gasteiger partial charge on any atom is 0.416 e. The second-order valence-corrected chi connectivity index (χ2v) is 7.01. The molecule has 9 heteroatoms. The highest BCUT2D eigenvalue weighted by Gasteiger charge is 2.32. The molecule has 0 saturated carbocycles. The van der Waals surface area contributed by atoms with Crippen molar-refractivity contribution < 1.29 is 22.5 Å². The van der Waals surface area contributed by atoms with Crippen LogP contribution in [0.15, 0.2) is 51.9 Å². The predicted molar refractivity (Wildman–Crippen MR) is 99.2 cm³/mol. The minimum absolute atomic E-state index is 0.0801. The van der Waals surface area contributed by atoms with Gasteiger partial charge in [-0.2, -0.15) is 18.2 Å². The standard InChI is InChI=1S/C19H16F3N3O2S/c1-11-7-8-13(9-15(11)19(20,21)22)24-18(26)14-5-3-4-6-16(14)28-10-17-23-12(2)27-25-17/h3-9H,10H2,1-2H3,(H,24,26). The third-order valence-corrected chi connectivity index (χ3v) is 4.93. The molecule has 1 N–H and O–H groups in total. The fraction of sp³-hybridized carbons (Fsp3) is 0.211. The number of anilines is 1. The average Bonchev–Trinajstić information content (AvgIpc) is 3.06. The molecule has 0 bridgehead atoms. The largest absolute Gasteiger partial charge is 0.416 e. The summed E-state index contributed by atoms with van der Waals surface area (Å²) in [6, 6.07) is 10.5. The molecule has 1 amide bonds. The van der Waals surface area contributed by atoms with Crippen LogP contribution in [0, 0.1) is 13.8 Å². The van der Waals surface area contributed by atoms with E-state index in [0.717, 1.165) is 6.07 Å². The number of alkyl halides is 3. The molecule has 146 valence electrons. The van der Waals surface area contributed by atoms with E-state index in [4.69, 9.17) is 4.52 Å². The molecule has 0 aliphatic carbocycles. The zero-order valence-electron chi connectivity index (χ0n) is 15.0. The molecule has 3 rings (SSSR count). The van der Waals surface area contributed by atoms with Gasteiger partial charge in [-0.3, -0.25) is 4.79 Å². The van der Waals surface area contributed by atoms with Gasteiger partial charge in [0.25, 0.3) is 5.91 Å². The van der Waals surface area contributed by atoms with Crippen molar-refractivity contribution in [3.05, 3.63) is 70.9 Å². The Balaban J connectivity index is 1.78. The van der Waals surface area contributed by atoms with Gasteiger partial charge >= 0.3 is 6.18 Å². The van der Waals surface area contributed by atoms with Crippen LogP contribution in [0.3, 0.4) is 0 Å². The lowest BCUT2D eigenvalue weighted by atomic mass is 10.1. The third-order valence-electron chi connectivity index (χ3n) is 3.86. The highest BCUT2D eigenvalue weighted by molar-refractivity contribution is 7.98. The summed E-state index contributed by atoms with van der Waals surface area (Å²) in [5, 5.41) is 6.34. The number of rotatable bonds is 5. The Morgan fingerprint density at radius 1 is 1.18 bits per heavy atom. The lowest BCUT2D eigenvalue weighted by Gasteiger charge is -2.13. The lowest BCUT2D eigenvalue weighted by Crippen LogP contribution is -2.14. The number of hydrogen-bond acceptors (Lipinski definition) is 5. The average molecular weight is 407 g/mol. The number of thioether (sulfide) groups is 1. The van der Waals surface area contributed by atoms with E-state index in [9.17, 15) is 18.0 Å². The fourth-order valence-electron chi connectivity index (χ4n) is 2.53. The van der Waals surface area contributed by atoms with Crippen LogP contribution in [0.5, 0.6) is 0 Å². The quantitative estimate of drug-likeness (QED) is 0.585. The van der Waals surface area contributed by atoms with Gasteiger partial charge in [-0.15, -0.1) is 11.8 Å². The number of aryl methyl sites for hydroxylation is 2. The van der Waals surface area contributed by atoms with Crippen molar-refractivity contribution in [1.82, 2.24) is 10.1 Å². The molecule has 2 aromatic carbocycles. The maximum atomic E-state index is 13.1. The molecule has 0 radical (unpaired) electrons. The van der Waals surface area contributed by atoms with Crippen molar-refractivity contribution in [3.63, 3.8) is 0 Å². The van der Waals surface area contributed by atoms with Gasteiger partial charge in [0.05, 0.1) is 16.9 Å². The van der Waals surface area contributed by atoms with Crippen LogP contribution in [0.1, 0.15) is 33.2 Å². The van der Waals surface area contributed by atoms with E-state index in [1.54, 1.807) is 31.2 Å². The lowest BCUT2D eigenvalue weighted by molar-refractivity contribution is -0.138. The smallest absolute Gasteiger partial charge is 0.340 e. The van der Waals surface area contributed by atoms with Gasteiger partial charge in [-0.25, -0.2) is 0 Å². The number of amides is 1. The summed E-state index contributed by atoms with van der Waals surface area (Å²) >= 11 is 1.34. The van der Waals surface area contributed by atoms with E-state index < -0.39 is 17.6 Å². The molecule has 0 fully saturated rings. The second-order valence-electron chi connectivity index (χ2n) is 6.00. The monoisotopic (exact) mass is 407 g/mol. The fourth-order valence-corrected chi connectivity index (χ4v) is 3.42. The number of hydrogen-bond donors (Lipinski definition) is 1. The molecule has 5 nitrogen and oxygen atoms in total.